The zero-order valence-corrected chi connectivity index (χ0v) is 17.0. The highest BCUT2D eigenvalue weighted by Crippen LogP contribution is 2.55. The van der Waals surface area contributed by atoms with Crippen LogP contribution in [-0.2, 0) is 20.2 Å². The first kappa shape index (κ1) is 19.0. The Bertz CT molecular complexity index is 1270. The number of para-hydroxylation sites is 1. The van der Waals surface area contributed by atoms with E-state index in [9.17, 15) is 9.36 Å². The van der Waals surface area contributed by atoms with Gasteiger partial charge in [0.05, 0.1) is 25.6 Å². The third-order valence-corrected chi connectivity index (χ3v) is 6.60. The summed E-state index contributed by atoms with van der Waals surface area (Å²) in [6.45, 7) is 2.24. The van der Waals surface area contributed by atoms with E-state index in [1.54, 1.807) is 10.9 Å². The third-order valence-electron chi connectivity index (χ3n) is 5.28. The first-order chi connectivity index (χ1) is 14.4. The highest BCUT2D eigenvalue weighted by atomic mass is 31.2. The molecule has 3 atom stereocenters. The molecule has 0 spiro atoms. The number of allylic oxidation sites excluding steroid dienone is 1. The maximum atomic E-state index is 12.9. The van der Waals surface area contributed by atoms with Crippen molar-refractivity contribution in [3.05, 3.63) is 58.2 Å². The third kappa shape index (κ3) is 3.32. The molecule has 0 amide bonds. The van der Waals surface area contributed by atoms with Gasteiger partial charge in [0, 0.05) is 11.5 Å². The Hall–Kier alpha value is -2.94. The minimum atomic E-state index is -3.68. The monoisotopic (exact) mass is 429 g/mol. The maximum absolute atomic E-state index is 12.9. The van der Waals surface area contributed by atoms with E-state index < -0.39 is 7.82 Å². The highest BCUT2D eigenvalue weighted by Gasteiger charge is 2.36. The lowest BCUT2D eigenvalue weighted by Crippen LogP contribution is -2.15. The van der Waals surface area contributed by atoms with Crippen molar-refractivity contribution in [2.45, 2.75) is 26.0 Å². The van der Waals surface area contributed by atoms with Gasteiger partial charge in [-0.05, 0) is 18.9 Å². The Morgan fingerprint density at radius 1 is 1.40 bits per heavy atom. The lowest BCUT2D eigenvalue weighted by Gasteiger charge is -2.26. The van der Waals surface area contributed by atoms with Gasteiger partial charge in [0.25, 0.3) is 5.56 Å². The van der Waals surface area contributed by atoms with Crippen LogP contribution in [-0.4, -0.2) is 26.1 Å². The van der Waals surface area contributed by atoms with Gasteiger partial charge in [0.15, 0.2) is 11.2 Å². The summed E-state index contributed by atoms with van der Waals surface area (Å²) in [6, 6.07) is 5.59. The number of H-pyrrole nitrogens is 1. The number of aromatic nitrogens is 4. The number of hydrogen-bond donors (Lipinski definition) is 2. The van der Waals surface area contributed by atoms with E-state index in [0.717, 1.165) is 11.1 Å². The number of hydrogen-bond acceptors (Lipinski definition) is 8. The van der Waals surface area contributed by atoms with Gasteiger partial charge < -0.3 is 14.8 Å². The quantitative estimate of drug-likeness (QED) is 0.478. The van der Waals surface area contributed by atoms with Gasteiger partial charge in [0.1, 0.15) is 5.75 Å². The summed E-state index contributed by atoms with van der Waals surface area (Å²) in [6.07, 6.45) is 6.18. The second-order valence-corrected chi connectivity index (χ2v) is 8.99. The van der Waals surface area contributed by atoms with Gasteiger partial charge >= 0.3 is 7.82 Å². The summed E-state index contributed by atoms with van der Waals surface area (Å²) in [5, 5.41) is 0. The van der Waals surface area contributed by atoms with Crippen molar-refractivity contribution in [1.29, 1.82) is 0 Å². The molecule has 0 fully saturated rings. The number of anilines is 1. The van der Waals surface area contributed by atoms with Gasteiger partial charge in [-0.25, -0.2) is 9.55 Å². The molecule has 30 heavy (non-hydrogen) atoms. The maximum Gasteiger partial charge on any atom is 0.530 e. The Kier molecular flexibility index (Phi) is 4.50. The summed E-state index contributed by atoms with van der Waals surface area (Å²) in [7, 11) is -3.68. The van der Waals surface area contributed by atoms with Crippen LogP contribution in [0.4, 0.5) is 5.95 Å². The Labute approximate surface area is 171 Å². The van der Waals surface area contributed by atoms with E-state index in [0.29, 0.717) is 17.8 Å². The van der Waals surface area contributed by atoms with Crippen LogP contribution in [0.5, 0.6) is 5.75 Å². The van der Waals surface area contributed by atoms with Crippen LogP contribution in [0.15, 0.2) is 41.5 Å². The van der Waals surface area contributed by atoms with Crippen molar-refractivity contribution in [3.8, 4) is 5.75 Å². The molecular formula is C19H20N5O5P. The predicted molar refractivity (Wildman–Crippen MR) is 109 cm³/mol. The van der Waals surface area contributed by atoms with Crippen molar-refractivity contribution in [3.63, 3.8) is 0 Å². The van der Waals surface area contributed by atoms with E-state index in [4.69, 9.17) is 19.3 Å². The number of phosphoric ester groups is 1. The average molecular weight is 429 g/mol. The average Bonchev–Trinajstić information content (AvgIpc) is 3.34. The molecule has 3 N–H and O–H groups in total. The van der Waals surface area contributed by atoms with Crippen molar-refractivity contribution >= 4 is 24.9 Å². The number of nitrogens with two attached hydrogens (primary N) is 1. The Morgan fingerprint density at radius 3 is 3.13 bits per heavy atom. The lowest BCUT2D eigenvalue weighted by molar-refractivity contribution is 0.123. The van der Waals surface area contributed by atoms with Crippen molar-refractivity contribution in [2.24, 2.45) is 5.92 Å². The molecule has 1 aliphatic heterocycles. The predicted octanol–water partition coefficient (Wildman–Crippen LogP) is 2.86. The fourth-order valence-electron chi connectivity index (χ4n) is 3.76. The van der Waals surface area contributed by atoms with Gasteiger partial charge in [-0.15, -0.1) is 0 Å². The van der Waals surface area contributed by atoms with Crippen LogP contribution >= 0.6 is 7.82 Å². The van der Waals surface area contributed by atoms with Crippen LogP contribution in [0.3, 0.4) is 0 Å². The van der Waals surface area contributed by atoms with Crippen LogP contribution in [0.1, 0.15) is 23.6 Å². The normalized spacial score (nSPS) is 25.4. The number of nitrogens with zero attached hydrogens (tertiary/aromatic N) is 3. The molecule has 0 saturated heterocycles. The highest BCUT2D eigenvalue weighted by molar-refractivity contribution is 7.49. The molecule has 156 valence electrons. The van der Waals surface area contributed by atoms with Gasteiger partial charge in [-0.1, -0.05) is 30.4 Å². The second-order valence-electron chi connectivity index (χ2n) is 7.39. The van der Waals surface area contributed by atoms with Gasteiger partial charge in [-0.3, -0.25) is 18.8 Å². The first-order valence-corrected chi connectivity index (χ1v) is 11.0. The summed E-state index contributed by atoms with van der Waals surface area (Å²) < 4.78 is 31.3. The largest absolute Gasteiger partial charge is 0.530 e. The molecule has 1 aliphatic carbocycles. The van der Waals surface area contributed by atoms with Crippen LogP contribution in [0.2, 0.25) is 0 Å². The first-order valence-electron chi connectivity index (χ1n) is 9.50. The molecule has 0 saturated carbocycles. The summed E-state index contributed by atoms with van der Waals surface area (Å²) in [5.41, 5.74) is 7.68. The van der Waals surface area contributed by atoms with Crippen molar-refractivity contribution < 1.29 is 18.1 Å². The molecule has 2 aromatic heterocycles. The molecule has 2 aliphatic rings. The van der Waals surface area contributed by atoms with Gasteiger partial charge in [-0.2, -0.15) is 4.98 Å². The molecular weight excluding hydrogens is 409 g/mol. The fraction of sp³-hybridized carbons (Fsp3) is 0.316. The number of rotatable bonds is 4. The molecule has 1 aromatic carbocycles. The summed E-state index contributed by atoms with van der Waals surface area (Å²) in [5.74, 6) is 0.588. The van der Waals surface area contributed by atoms with E-state index in [-0.39, 0.29) is 42.2 Å². The molecule has 11 heteroatoms. The number of fused-ring (bicyclic) bond motifs is 2. The summed E-state index contributed by atoms with van der Waals surface area (Å²) in [4.78, 5) is 22.7. The minimum absolute atomic E-state index is 0.0110. The second kappa shape index (κ2) is 7.09. The number of imidazole rings is 1. The molecule has 0 radical (unpaired) electrons. The number of benzene rings is 1. The van der Waals surface area contributed by atoms with E-state index in [1.165, 1.54) is 0 Å². The zero-order chi connectivity index (χ0) is 20.9. The topological polar surface area (TPSA) is 134 Å². The zero-order valence-electron chi connectivity index (χ0n) is 16.1. The van der Waals surface area contributed by atoms with E-state index in [1.807, 2.05) is 37.3 Å². The molecule has 10 nitrogen and oxygen atoms in total. The van der Waals surface area contributed by atoms with Gasteiger partial charge in [0.2, 0.25) is 5.95 Å². The lowest BCUT2D eigenvalue weighted by atomic mass is 10.1. The number of aromatic amines is 1. The molecule has 3 aromatic rings. The SMILES string of the molecule is Cc1cccc2c1OP(=O)(OC[C@@H]1C=C[C@H](n3cnc4c(=O)[nH]c(N)nc43)C1)OC2. The van der Waals surface area contributed by atoms with Crippen LogP contribution < -0.4 is 15.8 Å². The smallest absolute Gasteiger partial charge is 0.403 e. The Morgan fingerprint density at radius 2 is 2.27 bits per heavy atom. The molecule has 5 rings (SSSR count). The number of nitrogen functional groups attached to an aromatic ring is 1. The number of nitrogens with one attached hydrogen (secondary N) is 1. The molecule has 3 heterocycles. The standard InChI is InChI=1S/C19H20N5O5P/c1-11-3-2-4-13-9-28-30(26,29-16(11)13)27-8-12-5-6-14(7-12)24-10-21-15-17(24)22-19(20)23-18(15)25/h2-6,10,12,14H,7-9H2,1H3,(H3,20,22,23,25)/t12-,14+,30?/m1/s1. The number of aryl methyl sites for hydroxylation is 1. The minimum Gasteiger partial charge on any atom is -0.403 e. The van der Waals surface area contributed by atoms with Crippen LogP contribution in [0, 0.1) is 12.8 Å². The van der Waals surface area contributed by atoms with E-state index in [2.05, 4.69) is 15.0 Å². The fourth-order valence-corrected chi connectivity index (χ4v) is 5.10. The van der Waals surface area contributed by atoms with Crippen molar-refractivity contribution in [1.82, 2.24) is 19.5 Å². The Balaban J connectivity index is 1.27. The molecule has 1 unspecified atom stereocenters. The molecule has 0 bridgehead atoms. The van der Waals surface area contributed by atoms with E-state index >= 15 is 0 Å². The van der Waals surface area contributed by atoms with Crippen molar-refractivity contribution in [2.75, 3.05) is 12.3 Å². The van der Waals surface area contributed by atoms with Crippen LogP contribution in [0.25, 0.3) is 11.2 Å². The summed E-state index contributed by atoms with van der Waals surface area (Å²) >= 11 is 0. The number of phosphoric acid groups is 1.